The number of aliphatic imine (C=N–C) groups is 1. The van der Waals surface area contributed by atoms with Gasteiger partial charge >= 0.3 is 0 Å². The Bertz CT molecular complexity index is 1020. The van der Waals surface area contributed by atoms with Crippen molar-refractivity contribution in [1.82, 2.24) is 5.32 Å². The minimum atomic E-state index is -0.259. The zero-order chi connectivity index (χ0) is 17.7. The maximum absolute atomic E-state index is 12.5. The van der Waals surface area contributed by atoms with Crippen molar-refractivity contribution in [2.45, 2.75) is 26.7 Å². The number of hydrogen-bond acceptors (Lipinski definition) is 2. The summed E-state index contributed by atoms with van der Waals surface area (Å²) in [6.45, 7) is 5.92. The van der Waals surface area contributed by atoms with E-state index in [2.05, 4.69) is 22.4 Å². The van der Waals surface area contributed by atoms with E-state index in [1.807, 2.05) is 51.1 Å². The van der Waals surface area contributed by atoms with Crippen LogP contribution in [0.2, 0.25) is 0 Å². The molecule has 25 heavy (non-hydrogen) atoms. The van der Waals surface area contributed by atoms with E-state index in [9.17, 15) is 10.1 Å². The van der Waals surface area contributed by atoms with Crippen molar-refractivity contribution in [3.05, 3.63) is 69.8 Å². The van der Waals surface area contributed by atoms with Crippen molar-refractivity contribution in [3.8, 4) is 6.07 Å². The van der Waals surface area contributed by atoms with Gasteiger partial charge < -0.3 is 0 Å². The highest BCUT2D eigenvalue weighted by atomic mass is 16.1. The smallest absolute Gasteiger partial charge is 0.267 e. The molecule has 4 heteroatoms. The summed E-state index contributed by atoms with van der Waals surface area (Å²) in [7, 11) is 0. The molecule has 4 nitrogen and oxygen atoms in total. The van der Waals surface area contributed by atoms with E-state index in [0.717, 1.165) is 33.5 Å². The summed E-state index contributed by atoms with van der Waals surface area (Å²) in [5, 5.41) is 13.8. The molecule has 1 atom stereocenters. The number of carbonyl (C=O) groups excluding carboxylic acids is 1. The lowest BCUT2D eigenvalue weighted by molar-refractivity contribution is -0.112. The van der Waals surface area contributed by atoms with Crippen LogP contribution in [0.3, 0.4) is 0 Å². The normalized spacial score (nSPS) is 17.8. The predicted molar refractivity (Wildman–Crippen MR) is 96.8 cm³/mol. The number of carbonyl (C=O) groups is 1. The van der Waals surface area contributed by atoms with Gasteiger partial charge in [-0.15, -0.1) is 0 Å². The van der Waals surface area contributed by atoms with Gasteiger partial charge in [-0.25, -0.2) is 5.32 Å². The molecule has 0 saturated heterocycles. The Morgan fingerprint density at radius 2 is 1.76 bits per heavy atom. The van der Waals surface area contributed by atoms with Gasteiger partial charge in [0.2, 0.25) is 0 Å². The molecular weight excluding hydrogens is 310 g/mol. The van der Waals surface area contributed by atoms with Crippen molar-refractivity contribution in [3.63, 3.8) is 0 Å². The lowest BCUT2D eigenvalue weighted by Crippen LogP contribution is -2.19. The van der Waals surface area contributed by atoms with Gasteiger partial charge in [0.15, 0.2) is 0 Å². The topological polar surface area (TPSA) is 67.3 Å². The van der Waals surface area contributed by atoms with Gasteiger partial charge in [0.05, 0.1) is 23.2 Å². The number of nitriles is 1. The molecule has 0 aliphatic carbocycles. The molecule has 2 aliphatic rings. The second kappa shape index (κ2) is 5.42. The molecular formula is C21H16N3O. The standard InChI is InChI=1S/C21H16N3O/c1-11-4-12(2)6-14(5-11)16-9-18-17-8-15(10-22)13(3)7-19(17)23-20(18)24-21(16)25/h4-9,18H,1-3H3. The third-order valence-electron chi connectivity index (χ3n) is 4.65. The maximum Gasteiger partial charge on any atom is 0.279 e. The van der Waals surface area contributed by atoms with Crippen LogP contribution in [0.15, 0.2) is 41.4 Å². The number of aryl methyl sites for hydroxylation is 3. The first-order chi connectivity index (χ1) is 12.0. The van der Waals surface area contributed by atoms with Crippen LogP contribution in [0.5, 0.6) is 0 Å². The highest BCUT2D eigenvalue weighted by molar-refractivity contribution is 6.27. The van der Waals surface area contributed by atoms with Crippen LogP contribution in [0.25, 0.3) is 5.57 Å². The van der Waals surface area contributed by atoms with Crippen molar-refractivity contribution < 1.29 is 4.79 Å². The first kappa shape index (κ1) is 15.3. The molecule has 4 rings (SSSR count). The highest BCUT2D eigenvalue weighted by Crippen LogP contribution is 2.40. The number of amides is 1. The Morgan fingerprint density at radius 3 is 2.44 bits per heavy atom. The predicted octanol–water partition coefficient (Wildman–Crippen LogP) is 3.84. The second-order valence-corrected chi connectivity index (χ2v) is 6.66. The van der Waals surface area contributed by atoms with E-state index < -0.39 is 0 Å². The molecule has 0 aromatic heterocycles. The van der Waals surface area contributed by atoms with Crippen LogP contribution < -0.4 is 5.32 Å². The quantitative estimate of drug-likeness (QED) is 0.799. The van der Waals surface area contributed by atoms with Crippen LogP contribution in [-0.4, -0.2) is 11.7 Å². The van der Waals surface area contributed by atoms with Crippen LogP contribution >= 0.6 is 0 Å². The number of benzene rings is 2. The summed E-state index contributed by atoms with van der Waals surface area (Å²) in [5.41, 5.74) is 6.95. The summed E-state index contributed by atoms with van der Waals surface area (Å²) in [4.78, 5) is 16.8. The van der Waals surface area contributed by atoms with Gasteiger partial charge in [0.25, 0.3) is 5.91 Å². The minimum absolute atomic E-state index is 0.170. The summed E-state index contributed by atoms with van der Waals surface area (Å²) in [6.07, 6.45) is 1.94. The first-order valence-electron chi connectivity index (χ1n) is 8.16. The first-order valence-corrected chi connectivity index (χ1v) is 8.16. The van der Waals surface area contributed by atoms with E-state index in [-0.39, 0.29) is 11.8 Å². The Hall–Kier alpha value is -3.19. The van der Waals surface area contributed by atoms with Gasteiger partial charge in [-0.3, -0.25) is 4.79 Å². The van der Waals surface area contributed by atoms with Crippen molar-refractivity contribution in [2.24, 2.45) is 4.99 Å². The molecule has 0 spiro atoms. The minimum Gasteiger partial charge on any atom is -0.267 e. The fraction of sp³-hybridized carbons (Fsp3) is 0.190. The average molecular weight is 326 g/mol. The number of rotatable bonds is 1. The Labute approximate surface area is 146 Å². The third kappa shape index (κ3) is 2.45. The summed E-state index contributed by atoms with van der Waals surface area (Å²) in [6, 6.07) is 12.1. The molecule has 2 aromatic carbocycles. The molecule has 0 fully saturated rings. The molecule has 0 bridgehead atoms. The van der Waals surface area contributed by atoms with E-state index in [1.54, 1.807) is 0 Å². The van der Waals surface area contributed by atoms with Crippen LogP contribution in [-0.2, 0) is 4.79 Å². The number of amidine groups is 1. The zero-order valence-electron chi connectivity index (χ0n) is 14.3. The number of dihydropyridines is 1. The largest absolute Gasteiger partial charge is 0.279 e. The average Bonchev–Trinajstić information content (AvgIpc) is 2.88. The molecule has 121 valence electrons. The van der Waals surface area contributed by atoms with Crippen molar-refractivity contribution >= 4 is 23.0 Å². The molecule has 0 N–H and O–H groups in total. The van der Waals surface area contributed by atoms with Gasteiger partial charge in [-0.05, 0) is 49.6 Å². The van der Waals surface area contributed by atoms with E-state index in [1.165, 1.54) is 0 Å². The zero-order valence-corrected chi connectivity index (χ0v) is 14.3. The molecule has 2 aliphatic heterocycles. The molecule has 0 saturated carbocycles. The monoisotopic (exact) mass is 326 g/mol. The Kier molecular flexibility index (Phi) is 3.33. The van der Waals surface area contributed by atoms with Gasteiger partial charge in [-0.1, -0.05) is 35.4 Å². The molecule has 1 amide bonds. The highest BCUT2D eigenvalue weighted by Gasteiger charge is 2.35. The van der Waals surface area contributed by atoms with E-state index in [4.69, 9.17) is 0 Å². The Morgan fingerprint density at radius 1 is 1.04 bits per heavy atom. The summed E-state index contributed by atoms with van der Waals surface area (Å²) >= 11 is 0. The van der Waals surface area contributed by atoms with Crippen LogP contribution in [0.4, 0.5) is 5.69 Å². The number of nitrogens with zero attached hydrogens (tertiary/aromatic N) is 3. The molecule has 1 unspecified atom stereocenters. The van der Waals surface area contributed by atoms with Crippen LogP contribution in [0.1, 0.15) is 39.3 Å². The van der Waals surface area contributed by atoms with E-state index in [0.29, 0.717) is 17.0 Å². The van der Waals surface area contributed by atoms with E-state index >= 15 is 0 Å². The fourth-order valence-electron chi connectivity index (χ4n) is 3.52. The van der Waals surface area contributed by atoms with Gasteiger partial charge in [0.1, 0.15) is 5.84 Å². The molecule has 1 radical (unpaired) electrons. The van der Waals surface area contributed by atoms with Gasteiger partial charge in [0, 0.05) is 5.57 Å². The number of hydrogen-bond donors (Lipinski definition) is 0. The fourth-order valence-corrected chi connectivity index (χ4v) is 3.52. The SMILES string of the molecule is Cc1cc(C)cc(C2=CC3C(=NC2=O)[N]c2cc(C)c(C#N)cc23)c1. The van der Waals surface area contributed by atoms with Crippen molar-refractivity contribution in [1.29, 1.82) is 5.26 Å². The molecule has 2 aromatic rings. The van der Waals surface area contributed by atoms with Crippen LogP contribution in [0, 0.1) is 32.1 Å². The summed E-state index contributed by atoms with van der Waals surface area (Å²) in [5.74, 6) is 0.0869. The van der Waals surface area contributed by atoms with Crippen molar-refractivity contribution in [2.75, 3.05) is 0 Å². The maximum atomic E-state index is 12.5. The number of fused-ring (bicyclic) bond motifs is 3. The lowest BCUT2D eigenvalue weighted by atomic mass is 9.90. The second-order valence-electron chi connectivity index (χ2n) is 6.66. The Balaban J connectivity index is 1.85. The third-order valence-corrected chi connectivity index (χ3v) is 4.65. The van der Waals surface area contributed by atoms with Gasteiger partial charge in [-0.2, -0.15) is 10.3 Å². The lowest BCUT2D eigenvalue weighted by Gasteiger charge is -2.15. The molecule has 2 heterocycles. The summed E-state index contributed by atoms with van der Waals surface area (Å²) < 4.78 is 0.